The molecule has 0 aliphatic heterocycles. The van der Waals surface area contributed by atoms with Gasteiger partial charge in [0.2, 0.25) is 0 Å². The Balaban J connectivity index is 2.45. The Bertz CT molecular complexity index is 649. The minimum atomic E-state index is 0.117. The maximum atomic E-state index is 11.1. The van der Waals surface area contributed by atoms with Gasteiger partial charge in [-0.05, 0) is 47.7 Å². The molecule has 1 aromatic carbocycles. The number of benzene rings is 1. The number of hydrogen-bond donors (Lipinski definition) is 1. The summed E-state index contributed by atoms with van der Waals surface area (Å²) in [6.07, 6.45) is 0.616. The van der Waals surface area contributed by atoms with Crippen molar-refractivity contribution < 1.29 is 4.79 Å². The number of aromatic nitrogens is 2. The van der Waals surface area contributed by atoms with Crippen LogP contribution in [0.1, 0.15) is 16.2 Å². The lowest BCUT2D eigenvalue weighted by Gasteiger charge is -2.11. The van der Waals surface area contributed by atoms with E-state index in [1.807, 2.05) is 12.1 Å². The first-order valence-corrected chi connectivity index (χ1v) is 7.06. The van der Waals surface area contributed by atoms with Crippen LogP contribution in [-0.4, -0.2) is 16.3 Å². The molecule has 0 spiro atoms. The fraction of sp³-hybridized carbons (Fsp3) is 0.0833. The minimum absolute atomic E-state index is 0.117. The van der Waals surface area contributed by atoms with Crippen LogP contribution in [0.2, 0.25) is 10.2 Å². The van der Waals surface area contributed by atoms with E-state index in [2.05, 4.69) is 37.9 Å². The standard InChI is InChI=1S/C12H8Cl2IN3O/c1-6-16-11(14)8(5-19)12(17-6)18-10-3-2-7(15)4-9(10)13/h2-5H,1H3,(H,16,17,18). The second kappa shape index (κ2) is 6.02. The van der Waals surface area contributed by atoms with Crippen molar-refractivity contribution in [3.05, 3.63) is 43.3 Å². The van der Waals surface area contributed by atoms with Gasteiger partial charge in [-0.2, -0.15) is 0 Å². The van der Waals surface area contributed by atoms with E-state index in [1.54, 1.807) is 13.0 Å². The number of carbonyl (C=O) groups is 1. The molecule has 0 aliphatic rings. The summed E-state index contributed by atoms with van der Waals surface area (Å²) in [5, 5.41) is 3.65. The quantitative estimate of drug-likeness (QED) is 0.469. The van der Waals surface area contributed by atoms with Crippen molar-refractivity contribution in [3.8, 4) is 0 Å². The lowest BCUT2D eigenvalue weighted by Crippen LogP contribution is -2.03. The van der Waals surface area contributed by atoms with Gasteiger partial charge in [-0.1, -0.05) is 23.2 Å². The fourth-order valence-corrected chi connectivity index (χ4v) is 2.62. The van der Waals surface area contributed by atoms with Crippen LogP contribution in [0.25, 0.3) is 0 Å². The molecule has 7 heteroatoms. The molecule has 0 atom stereocenters. The third kappa shape index (κ3) is 3.34. The molecular formula is C12H8Cl2IN3O. The van der Waals surface area contributed by atoms with Crippen LogP contribution in [0.5, 0.6) is 0 Å². The predicted octanol–water partition coefficient (Wildman–Crippen LogP) is 4.25. The average Bonchev–Trinajstić information content (AvgIpc) is 2.32. The summed E-state index contributed by atoms with van der Waals surface area (Å²) in [6, 6.07) is 5.51. The van der Waals surface area contributed by atoms with Gasteiger partial charge in [-0.15, -0.1) is 0 Å². The van der Waals surface area contributed by atoms with Crippen molar-refractivity contribution in [1.82, 2.24) is 9.97 Å². The molecular weight excluding hydrogens is 400 g/mol. The maximum Gasteiger partial charge on any atom is 0.156 e. The van der Waals surface area contributed by atoms with Gasteiger partial charge in [0.15, 0.2) is 6.29 Å². The molecule has 19 heavy (non-hydrogen) atoms. The first-order valence-electron chi connectivity index (χ1n) is 5.22. The van der Waals surface area contributed by atoms with E-state index in [1.165, 1.54) is 0 Å². The van der Waals surface area contributed by atoms with Crippen molar-refractivity contribution in [3.63, 3.8) is 0 Å². The van der Waals surface area contributed by atoms with Crippen molar-refractivity contribution in [1.29, 1.82) is 0 Å². The van der Waals surface area contributed by atoms with E-state index in [9.17, 15) is 4.79 Å². The van der Waals surface area contributed by atoms with Gasteiger partial charge in [0, 0.05) is 3.57 Å². The Hall–Kier alpha value is -0.920. The Morgan fingerprint density at radius 3 is 2.68 bits per heavy atom. The summed E-state index contributed by atoms with van der Waals surface area (Å²) >= 11 is 14.2. The van der Waals surface area contributed by atoms with E-state index in [-0.39, 0.29) is 10.7 Å². The minimum Gasteiger partial charge on any atom is -0.338 e. The first kappa shape index (κ1) is 14.5. The van der Waals surface area contributed by atoms with Gasteiger partial charge in [-0.25, -0.2) is 9.97 Å². The van der Waals surface area contributed by atoms with E-state index < -0.39 is 0 Å². The Kier molecular flexibility index (Phi) is 4.59. The van der Waals surface area contributed by atoms with E-state index in [0.717, 1.165) is 3.57 Å². The fourth-order valence-electron chi connectivity index (χ4n) is 1.47. The van der Waals surface area contributed by atoms with Crippen molar-refractivity contribution in [2.75, 3.05) is 5.32 Å². The lowest BCUT2D eigenvalue weighted by molar-refractivity contribution is 0.112. The van der Waals surface area contributed by atoms with Crippen molar-refractivity contribution >= 4 is 63.6 Å². The number of aldehydes is 1. The maximum absolute atomic E-state index is 11.1. The summed E-state index contributed by atoms with van der Waals surface area (Å²) < 4.78 is 1.01. The number of aryl methyl sites for hydroxylation is 1. The molecule has 1 heterocycles. The van der Waals surface area contributed by atoms with Crippen LogP contribution in [0.4, 0.5) is 11.5 Å². The Morgan fingerprint density at radius 1 is 1.32 bits per heavy atom. The zero-order valence-electron chi connectivity index (χ0n) is 9.75. The summed E-state index contributed by atoms with van der Waals surface area (Å²) in [7, 11) is 0. The van der Waals surface area contributed by atoms with Gasteiger partial charge in [0.1, 0.15) is 16.8 Å². The van der Waals surface area contributed by atoms with Crippen LogP contribution in [-0.2, 0) is 0 Å². The molecule has 0 amide bonds. The molecule has 1 N–H and O–H groups in total. The van der Waals surface area contributed by atoms with Crippen LogP contribution in [0, 0.1) is 10.5 Å². The van der Waals surface area contributed by atoms with E-state index in [4.69, 9.17) is 23.2 Å². The smallest absolute Gasteiger partial charge is 0.156 e. The van der Waals surface area contributed by atoms with Crippen LogP contribution >= 0.6 is 45.8 Å². The van der Waals surface area contributed by atoms with Crippen molar-refractivity contribution in [2.24, 2.45) is 0 Å². The van der Waals surface area contributed by atoms with Crippen LogP contribution < -0.4 is 5.32 Å². The molecule has 1 aromatic heterocycles. The summed E-state index contributed by atoms with van der Waals surface area (Å²) in [6.45, 7) is 1.70. The van der Waals surface area contributed by atoms with Crippen LogP contribution in [0.15, 0.2) is 18.2 Å². The summed E-state index contributed by atoms with van der Waals surface area (Å²) in [4.78, 5) is 19.1. The molecule has 0 saturated heterocycles. The predicted molar refractivity (Wildman–Crippen MR) is 84.6 cm³/mol. The number of nitrogens with zero attached hydrogens (tertiary/aromatic N) is 2. The topological polar surface area (TPSA) is 54.9 Å². The number of hydrogen-bond acceptors (Lipinski definition) is 4. The number of carbonyl (C=O) groups excluding carboxylic acids is 1. The normalized spacial score (nSPS) is 10.3. The highest BCUT2D eigenvalue weighted by atomic mass is 127. The highest BCUT2D eigenvalue weighted by Gasteiger charge is 2.12. The number of nitrogens with one attached hydrogen (secondary N) is 1. The number of halogens is 3. The average molecular weight is 408 g/mol. The number of anilines is 2. The summed E-state index contributed by atoms with van der Waals surface area (Å²) in [5.74, 6) is 0.815. The van der Waals surface area contributed by atoms with E-state index in [0.29, 0.717) is 28.6 Å². The van der Waals surface area contributed by atoms with E-state index >= 15 is 0 Å². The molecule has 0 bridgehead atoms. The number of rotatable bonds is 3. The lowest BCUT2D eigenvalue weighted by atomic mass is 10.3. The molecule has 0 fully saturated rings. The third-order valence-electron chi connectivity index (χ3n) is 2.31. The molecule has 4 nitrogen and oxygen atoms in total. The van der Waals surface area contributed by atoms with Crippen LogP contribution in [0.3, 0.4) is 0 Å². The summed E-state index contributed by atoms with van der Waals surface area (Å²) in [5.41, 5.74) is 0.862. The molecule has 0 saturated carbocycles. The molecule has 2 aromatic rings. The molecule has 98 valence electrons. The second-order valence-electron chi connectivity index (χ2n) is 3.69. The van der Waals surface area contributed by atoms with Gasteiger partial charge in [0.05, 0.1) is 16.3 Å². The molecule has 0 aliphatic carbocycles. The zero-order valence-corrected chi connectivity index (χ0v) is 13.4. The van der Waals surface area contributed by atoms with Gasteiger partial charge >= 0.3 is 0 Å². The third-order valence-corrected chi connectivity index (χ3v) is 3.58. The highest BCUT2D eigenvalue weighted by molar-refractivity contribution is 14.1. The van der Waals surface area contributed by atoms with Gasteiger partial charge in [-0.3, -0.25) is 4.79 Å². The second-order valence-corrected chi connectivity index (χ2v) is 5.70. The Morgan fingerprint density at radius 2 is 2.05 bits per heavy atom. The molecule has 2 rings (SSSR count). The van der Waals surface area contributed by atoms with Crippen molar-refractivity contribution in [2.45, 2.75) is 6.92 Å². The largest absolute Gasteiger partial charge is 0.338 e. The van der Waals surface area contributed by atoms with Gasteiger partial charge in [0.25, 0.3) is 0 Å². The highest BCUT2D eigenvalue weighted by Crippen LogP contribution is 2.29. The first-order chi connectivity index (χ1) is 9.01. The Labute approximate surface area is 133 Å². The monoisotopic (exact) mass is 407 g/mol. The molecule has 0 unspecified atom stereocenters. The molecule has 0 radical (unpaired) electrons. The zero-order chi connectivity index (χ0) is 14.0. The van der Waals surface area contributed by atoms with Gasteiger partial charge < -0.3 is 5.32 Å². The SMILES string of the molecule is Cc1nc(Cl)c(C=O)c(Nc2ccc(I)cc2Cl)n1.